The summed E-state index contributed by atoms with van der Waals surface area (Å²) in [6, 6.07) is 13.6. The SMILES string of the molecule is O=C(NCc1cccc(Cl)c1)[C@H]1CCCCN1C1=NS(=O)(=O)c2ccccc21. The van der Waals surface area contributed by atoms with Gasteiger partial charge in [-0.25, -0.2) is 0 Å². The van der Waals surface area contributed by atoms with E-state index in [1.807, 2.05) is 23.1 Å². The Morgan fingerprint density at radius 2 is 2.00 bits per heavy atom. The molecule has 0 saturated carbocycles. The van der Waals surface area contributed by atoms with Gasteiger partial charge in [0.25, 0.3) is 10.0 Å². The minimum Gasteiger partial charge on any atom is -0.350 e. The summed E-state index contributed by atoms with van der Waals surface area (Å²) >= 11 is 6.00. The Balaban J connectivity index is 1.56. The van der Waals surface area contributed by atoms with Crippen LogP contribution < -0.4 is 5.32 Å². The molecule has 2 aliphatic rings. The van der Waals surface area contributed by atoms with Crippen molar-refractivity contribution in [1.82, 2.24) is 10.2 Å². The van der Waals surface area contributed by atoms with Crippen molar-refractivity contribution in [1.29, 1.82) is 0 Å². The highest BCUT2D eigenvalue weighted by Crippen LogP contribution is 2.30. The molecule has 0 aromatic heterocycles. The van der Waals surface area contributed by atoms with Crippen LogP contribution in [0.15, 0.2) is 57.8 Å². The molecule has 1 amide bonds. The van der Waals surface area contributed by atoms with Crippen molar-refractivity contribution in [2.24, 2.45) is 4.40 Å². The summed E-state index contributed by atoms with van der Waals surface area (Å²) in [4.78, 5) is 14.9. The summed E-state index contributed by atoms with van der Waals surface area (Å²) < 4.78 is 28.8. The van der Waals surface area contributed by atoms with Gasteiger partial charge in [-0.15, -0.1) is 4.40 Å². The van der Waals surface area contributed by atoms with Gasteiger partial charge in [0, 0.05) is 23.7 Å². The molecule has 0 radical (unpaired) electrons. The van der Waals surface area contributed by atoms with Crippen molar-refractivity contribution in [3.8, 4) is 0 Å². The monoisotopic (exact) mass is 417 g/mol. The molecular formula is C20H20ClN3O3S. The molecular weight excluding hydrogens is 398 g/mol. The van der Waals surface area contributed by atoms with Crippen molar-refractivity contribution < 1.29 is 13.2 Å². The number of rotatable bonds is 3. The second kappa shape index (κ2) is 7.56. The number of likely N-dealkylation sites (tertiary alicyclic amines) is 1. The lowest BCUT2D eigenvalue weighted by Crippen LogP contribution is -2.51. The molecule has 0 aliphatic carbocycles. The van der Waals surface area contributed by atoms with Crippen LogP contribution in [0.1, 0.15) is 30.4 Å². The van der Waals surface area contributed by atoms with Gasteiger partial charge in [-0.05, 0) is 49.1 Å². The van der Waals surface area contributed by atoms with E-state index in [0.717, 1.165) is 18.4 Å². The lowest BCUT2D eigenvalue weighted by atomic mass is 9.99. The van der Waals surface area contributed by atoms with Gasteiger partial charge in [0.2, 0.25) is 5.91 Å². The molecule has 0 bridgehead atoms. The van der Waals surface area contributed by atoms with Gasteiger partial charge < -0.3 is 10.2 Å². The van der Waals surface area contributed by atoms with Gasteiger partial charge in [-0.3, -0.25) is 4.79 Å². The minimum absolute atomic E-state index is 0.135. The molecule has 2 aromatic carbocycles. The van der Waals surface area contributed by atoms with Crippen LogP contribution in [-0.4, -0.2) is 37.6 Å². The van der Waals surface area contributed by atoms with E-state index < -0.39 is 16.1 Å². The Bertz CT molecular complexity index is 1050. The number of sulfonamides is 1. The summed E-state index contributed by atoms with van der Waals surface area (Å²) in [5.74, 6) is 0.238. The number of nitrogens with one attached hydrogen (secondary N) is 1. The maximum absolute atomic E-state index is 12.9. The second-order valence-corrected chi connectivity index (χ2v) is 8.95. The van der Waals surface area contributed by atoms with Crippen LogP contribution in [-0.2, 0) is 21.4 Å². The summed E-state index contributed by atoms with van der Waals surface area (Å²) in [5.41, 5.74) is 1.48. The largest absolute Gasteiger partial charge is 0.350 e. The Kier molecular flexibility index (Phi) is 5.12. The van der Waals surface area contributed by atoms with Gasteiger partial charge in [0.1, 0.15) is 10.9 Å². The molecule has 1 N–H and O–H groups in total. The van der Waals surface area contributed by atoms with Gasteiger partial charge in [-0.1, -0.05) is 35.9 Å². The topological polar surface area (TPSA) is 78.8 Å². The van der Waals surface area contributed by atoms with Crippen LogP contribution in [0.5, 0.6) is 0 Å². The molecule has 2 aliphatic heterocycles. The zero-order valence-electron chi connectivity index (χ0n) is 15.1. The number of nitrogens with zero attached hydrogens (tertiary/aromatic N) is 2. The molecule has 28 heavy (non-hydrogen) atoms. The Morgan fingerprint density at radius 1 is 1.18 bits per heavy atom. The molecule has 4 rings (SSSR count). The van der Waals surface area contributed by atoms with Crippen LogP contribution in [0.4, 0.5) is 0 Å². The third-order valence-corrected chi connectivity index (χ3v) is 6.61. The van der Waals surface area contributed by atoms with Gasteiger partial charge >= 0.3 is 0 Å². The maximum Gasteiger partial charge on any atom is 0.285 e. The van der Waals surface area contributed by atoms with Crippen LogP contribution in [0.3, 0.4) is 0 Å². The van der Waals surface area contributed by atoms with Crippen molar-refractivity contribution in [3.05, 3.63) is 64.7 Å². The molecule has 2 aromatic rings. The average molecular weight is 418 g/mol. The molecule has 1 saturated heterocycles. The van der Waals surface area contributed by atoms with Crippen molar-refractivity contribution in [2.45, 2.75) is 36.7 Å². The normalized spacial score (nSPS) is 20.4. The molecule has 146 valence electrons. The first-order chi connectivity index (χ1) is 13.5. The highest BCUT2D eigenvalue weighted by molar-refractivity contribution is 7.90. The fourth-order valence-electron chi connectivity index (χ4n) is 3.71. The third-order valence-electron chi connectivity index (χ3n) is 5.05. The summed E-state index contributed by atoms with van der Waals surface area (Å²) in [7, 11) is -3.71. The number of amidine groups is 1. The molecule has 1 atom stereocenters. The van der Waals surface area contributed by atoms with Gasteiger partial charge in [0.05, 0.1) is 0 Å². The first-order valence-corrected chi connectivity index (χ1v) is 11.0. The molecule has 2 heterocycles. The molecule has 6 nitrogen and oxygen atoms in total. The fraction of sp³-hybridized carbons (Fsp3) is 0.300. The maximum atomic E-state index is 12.9. The summed E-state index contributed by atoms with van der Waals surface area (Å²) in [6.45, 7) is 0.961. The number of hydrogen-bond acceptors (Lipinski definition) is 4. The highest BCUT2D eigenvalue weighted by Gasteiger charge is 2.37. The number of halogens is 1. The van der Waals surface area contributed by atoms with Gasteiger partial charge in [-0.2, -0.15) is 8.42 Å². The number of piperidine rings is 1. The highest BCUT2D eigenvalue weighted by atomic mass is 35.5. The Morgan fingerprint density at radius 3 is 2.82 bits per heavy atom. The lowest BCUT2D eigenvalue weighted by molar-refractivity contribution is -0.126. The number of hydrogen-bond donors (Lipinski definition) is 1. The number of amides is 1. The summed E-state index contributed by atoms with van der Waals surface area (Å²) in [5, 5.41) is 3.57. The molecule has 0 unspecified atom stereocenters. The number of carbonyl (C=O) groups excluding carboxylic acids is 1. The summed E-state index contributed by atoms with van der Waals surface area (Å²) in [6.07, 6.45) is 2.45. The first-order valence-electron chi connectivity index (χ1n) is 9.19. The Labute approximate surface area is 169 Å². The molecule has 1 fully saturated rings. The van der Waals surface area contributed by atoms with E-state index in [2.05, 4.69) is 9.71 Å². The lowest BCUT2D eigenvalue weighted by Gasteiger charge is -2.36. The standard InChI is InChI=1S/C20H20ClN3O3S/c21-15-7-5-6-14(12-15)13-22-20(25)17-9-3-4-11-24(17)19-16-8-1-2-10-18(16)28(26,27)23-19/h1-2,5-8,10,12,17H,3-4,9,11,13H2,(H,22,25)/t17-/m1/s1. The van der Waals surface area contributed by atoms with E-state index in [0.29, 0.717) is 35.9 Å². The second-order valence-electron chi connectivity index (χ2n) is 6.94. The van der Waals surface area contributed by atoms with E-state index in [1.54, 1.807) is 30.3 Å². The van der Waals surface area contributed by atoms with Crippen molar-refractivity contribution in [3.63, 3.8) is 0 Å². The van der Waals surface area contributed by atoms with E-state index in [-0.39, 0.29) is 10.8 Å². The fourth-order valence-corrected chi connectivity index (χ4v) is 5.14. The predicted molar refractivity (Wildman–Crippen MR) is 108 cm³/mol. The van der Waals surface area contributed by atoms with Crippen molar-refractivity contribution >= 4 is 33.4 Å². The predicted octanol–water partition coefficient (Wildman–Crippen LogP) is 2.96. The number of carbonyl (C=O) groups is 1. The van der Waals surface area contributed by atoms with E-state index in [9.17, 15) is 13.2 Å². The van der Waals surface area contributed by atoms with Crippen LogP contribution in [0.2, 0.25) is 5.02 Å². The number of fused-ring (bicyclic) bond motifs is 1. The van der Waals surface area contributed by atoms with Crippen LogP contribution >= 0.6 is 11.6 Å². The van der Waals surface area contributed by atoms with Gasteiger partial charge in [0.15, 0.2) is 5.84 Å². The number of benzene rings is 2. The smallest absolute Gasteiger partial charge is 0.285 e. The zero-order chi connectivity index (χ0) is 19.7. The Hall–Kier alpha value is -2.38. The molecule has 0 spiro atoms. The average Bonchev–Trinajstić information content (AvgIpc) is 2.97. The quantitative estimate of drug-likeness (QED) is 0.832. The third kappa shape index (κ3) is 3.64. The zero-order valence-corrected chi connectivity index (χ0v) is 16.7. The molecule has 8 heteroatoms. The van der Waals surface area contributed by atoms with E-state index in [1.165, 1.54) is 0 Å². The van der Waals surface area contributed by atoms with E-state index in [4.69, 9.17) is 11.6 Å². The minimum atomic E-state index is -3.71. The first kappa shape index (κ1) is 19.0. The van der Waals surface area contributed by atoms with E-state index >= 15 is 0 Å². The van der Waals surface area contributed by atoms with Crippen molar-refractivity contribution in [2.75, 3.05) is 6.54 Å². The van der Waals surface area contributed by atoms with Crippen LogP contribution in [0.25, 0.3) is 0 Å². The van der Waals surface area contributed by atoms with Crippen LogP contribution in [0, 0.1) is 0 Å².